The maximum atomic E-state index is 10.9. The van der Waals surface area contributed by atoms with Crippen molar-refractivity contribution in [1.29, 1.82) is 0 Å². The summed E-state index contributed by atoms with van der Waals surface area (Å²) in [7, 11) is 3.31. The average Bonchev–Trinajstić information content (AvgIpc) is 3.16. The number of rotatable bonds is 7. The molecule has 156 valence electrons. The largest absolute Gasteiger partial charge is 0.497 e. The van der Waals surface area contributed by atoms with Crippen molar-refractivity contribution in [2.75, 3.05) is 14.2 Å². The van der Waals surface area contributed by atoms with E-state index in [0.717, 1.165) is 43.3 Å². The molecule has 5 nitrogen and oxygen atoms in total. The standard InChI is InChI=1S/C25H21NO4S/c1-28-18-10-6-17(7-11-18)25-24(21-13-12-20(29-2)15-22(21)31-25)30-19-8-3-16(4-9-19)5-14-23(26)27/h3-15H,1-2H3,(H2,26,27). The van der Waals surface area contributed by atoms with E-state index in [2.05, 4.69) is 0 Å². The molecule has 0 saturated carbocycles. The van der Waals surface area contributed by atoms with E-state index >= 15 is 0 Å². The average molecular weight is 432 g/mol. The van der Waals surface area contributed by atoms with Crippen LogP contribution in [-0.4, -0.2) is 20.1 Å². The van der Waals surface area contributed by atoms with Crippen LogP contribution in [0.25, 0.3) is 26.6 Å². The third kappa shape index (κ3) is 4.54. The number of fused-ring (bicyclic) bond motifs is 1. The number of hydrogen-bond donors (Lipinski definition) is 1. The minimum atomic E-state index is -0.482. The van der Waals surface area contributed by atoms with E-state index in [0.29, 0.717) is 5.75 Å². The van der Waals surface area contributed by atoms with Gasteiger partial charge < -0.3 is 19.9 Å². The minimum absolute atomic E-state index is 0.482. The van der Waals surface area contributed by atoms with Crippen LogP contribution >= 0.6 is 11.3 Å². The van der Waals surface area contributed by atoms with E-state index in [9.17, 15) is 4.79 Å². The molecule has 1 heterocycles. The van der Waals surface area contributed by atoms with Gasteiger partial charge in [-0.05, 0) is 71.8 Å². The molecule has 0 saturated heterocycles. The normalized spacial score (nSPS) is 11.0. The van der Waals surface area contributed by atoms with Crippen LogP contribution in [0.1, 0.15) is 5.56 Å². The lowest BCUT2D eigenvalue weighted by Crippen LogP contribution is -2.04. The van der Waals surface area contributed by atoms with Crippen molar-refractivity contribution < 1.29 is 19.0 Å². The second kappa shape index (κ2) is 8.93. The molecule has 2 N–H and O–H groups in total. The molecule has 0 radical (unpaired) electrons. The maximum Gasteiger partial charge on any atom is 0.241 e. The van der Waals surface area contributed by atoms with Gasteiger partial charge >= 0.3 is 0 Å². The molecule has 0 atom stereocenters. The Kier molecular flexibility index (Phi) is 5.91. The number of benzene rings is 3. The predicted molar refractivity (Wildman–Crippen MR) is 125 cm³/mol. The molecule has 6 heteroatoms. The van der Waals surface area contributed by atoms with Crippen LogP contribution < -0.4 is 19.9 Å². The molecule has 0 aliphatic rings. The molecular formula is C25H21NO4S. The fraction of sp³-hybridized carbons (Fsp3) is 0.0800. The number of carbonyl (C=O) groups excluding carboxylic acids is 1. The van der Waals surface area contributed by atoms with E-state index in [-0.39, 0.29) is 0 Å². The summed E-state index contributed by atoms with van der Waals surface area (Å²) in [6.45, 7) is 0. The van der Waals surface area contributed by atoms with Crippen molar-refractivity contribution in [1.82, 2.24) is 0 Å². The molecule has 0 bridgehead atoms. The van der Waals surface area contributed by atoms with Crippen molar-refractivity contribution >= 4 is 33.4 Å². The number of thiophene rings is 1. The first kappa shape index (κ1) is 20.5. The Bertz CT molecular complexity index is 1240. The topological polar surface area (TPSA) is 70.8 Å². The zero-order valence-electron chi connectivity index (χ0n) is 17.1. The lowest BCUT2D eigenvalue weighted by molar-refractivity contribution is -0.113. The number of amides is 1. The third-order valence-corrected chi connectivity index (χ3v) is 5.93. The maximum absolute atomic E-state index is 10.9. The summed E-state index contributed by atoms with van der Waals surface area (Å²) in [4.78, 5) is 11.9. The molecule has 0 fully saturated rings. The zero-order valence-corrected chi connectivity index (χ0v) is 17.9. The fourth-order valence-corrected chi connectivity index (χ4v) is 4.32. The Hall–Kier alpha value is -3.77. The van der Waals surface area contributed by atoms with E-state index in [1.807, 2.05) is 66.7 Å². The van der Waals surface area contributed by atoms with Gasteiger partial charge in [0.1, 0.15) is 17.2 Å². The zero-order chi connectivity index (χ0) is 21.8. The molecule has 4 rings (SSSR count). The Morgan fingerprint density at radius 1 is 0.871 bits per heavy atom. The van der Waals surface area contributed by atoms with Crippen LogP contribution in [0.3, 0.4) is 0 Å². The number of ether oxygens (including phenoxy) is 3. The number of methoxy groups -OCH3 is 2. The van der Waals surface area contributed by atoms with Crippen molar-refractivity contribution in [3.8, 4) is 33.4 Å². The van der Waals surface area contributed by atoms with E-state index in [4.69, 9.17) is 19.9 Å². The SMILES string of the molecule is COc1ccc(-c2sc3cc(OC)ccc3c2Oc2ccc(C=CC(N)=O)cc2)cc1. The fourth-order valence-electron chi connectivity index (χ4n) is 3.16. The van der Waals surface area contributed by atoms with Crippen molar-refractivity contribution in [2.24, 2.45) is 5.73 Å². The van der Waals surface area contributed by atoms with Crippen molar-refractivity contribution in [3.05, 3.63) is 78.4 Å². The number of hydrogen-bond acceptors (Lipinski definition) is 5. The smallest absolute Gasteiger partial charge is 0.241 e. The molecule has 0 aliphatic carbocycles. The van der Waals surface area contributed by atoms with Crippen LogP contribution in [-0.2, 0) is 4.79 Å². The van der Waals surface area contributed by atoms with Gasteiger partial charge in [0.2, 0.25) is 5.91 Å². The van der Waals surface area contributed by atoms with Gasteiger partial charge in [0.05, 0.1) is 19.1 Å². The molecule has 31 heavy (non-hydrogen) atoms. The first-order chi connectivity index (χ1) is 15.1. The summed E-state index contributed by atoms with van der Waals surface area (Å²) >= 11 is 1.65. The summed E-state index contributed by atoms with van der Waals surface area (Å²) in [5, 5.41) is 1.01. The van der Waals surface area contributed by atoms with Crippen LogP contribution in [0, 0.1) is 0 Å². The minimum Gasteiger partial charge on any atom is -0.497 e. The summed E-state index contributed by atoms with van der Waals surface area (Å²) in [5.41, 5.74) is 7.06. The van der Waals surface area contributed by atoms with Crippen molar-refractivity contribution in [3.63, 3.8) is 0 Å². The van der Waals surface area contributed by atoms with Gasteiger partial charge in [0.15, 0.2) is 5.75 Å². The molecule has 4 aromatic rings. The van der Waals surface area contributed by atoms with Crippen LogP contribution in [0.5, 0.6) is 23.0 Å². The summed E-state index contributed by atoms with van der Waals surface area (Å²) in [5.74, 6) is 2.60. The van der Waals surface area contributed by atoms with Crippen LogP contribution in [0.15, 0.2) is 72.8 Å². The summed E-state index contributed by atoms with van der Waals surface area (Å²) in [6, 6.07) is 21.3. The highest BCUT2D eigenvalue weighted by molar-refractivity contribution is 7.22. The highest BCUT2D eigenvalue weighted by atomic mass is 32.1. The van der Waals surface area contributed by atoms with Gasteiger partial charge in [-0.25, -0.2) is 0 Å². The van der Waals surface area contributed by atoms with Gasteiger partial charge in [-0.1, -0.05) is 12.1 Å². The van der Waals surface area contributed by atoms with E-state index in [1.54, 1.807) is 31.6 Å². The lowest BCUT2D eigenvalue weighted by atomic mass is 10.1. The number of carbonyl (C=O) groups is 1. The van der Waals surface area contributed by atoms with E-state index < -0.39 is 5.91 Å². The predicted octanol–water partition coefficient (Wildman–Crippen LogP) is 5.88. The monoisotopic (exact) mass is 431 g/mol. The molecule has 0 unspecified atom stereocenters. The first-order valence-electron chi connectivity index (χ1n) is 9.58. The molecule has 0 spiro atoms. The highest BCUT2D eigenvalue weighted by Crippen LogP contribution is 2.47. The van der Waals surface area contributed by atoms with Gasteiger partial charge in [-0.2, -0.15) is 0 Å². The van der Waals surface area contributed by atoms with Gasteiger partial charge in [0.25, 0.3) is 0 Å². The summed E-state index contributed by atoms with van der Waals surface area (Å²) in [6.07, 6.45) is 3.00. The molecular weight excluding hydrogens is 410 g/mol. The lowest BCUT2D eigenvalue weighted by Gasteiger charge is -2.09. The van der Waals surface area contributed by atoms with Crippen molar-refractivity contribution in [2.45, 2.75) is 0 Å². The van der Waals surface area contributed by atoms with Crippen LogP contribution in [0.4, 0.5) is 0 Å². The Morgan fingerprint density at radius 3 is 2.16 bits per heavy atom. The third-order valence-electron chi connectivity index (χ3n) is 4.74. The molecule has 1 aromatic heterocycles. The Balaban J connectivity index is 1.75. The summed E-state index contributed by atoms with van der Waals surface area (Å²) < 4.78 is 18.1. The van der Waals surface area contributed by atoms with E-state index in [1.165, 1.54) is 6.08 Å². The Labute approximate surface area is 184 Å². The molecule has 1 amide bonds. The molecule has 0 aliphatic heterocycles. The van der Waals surface area contributed by atoms with Gasteiger partial charge in [-0.15, -0.1) is 11.3 Å². The van der Waals surface area contributed by atoms with Gasteiger partial charge in [0, 0.05) is 16.2 Å². The quantitative estimate of drug-likeness (QED) is 0.371. The highest BCUT2D eigenvalue weighted by Gasteiger charge is 2.17. The van der Waals surface area contributed by atoms with Crippen LogP contribution in [0.2, 0.25) is 0 Å². The Morgan fingerprint density at radius 2 is 1.52 bits per heavy atom. The second-order valence-corrected chi connectivity index (χ2v) is 7.81. The second-order valence-electron chi connectivity index (χ2n) is 6.76. The number of primary amides is 1. The van der Waals surface area contributed by atoms with Gasteiger partial charge in [-0.3, -0.25) is 4.79 Å². The first-order valence-corrected chi connectivity index (χ1v) is 10.4. The number of nitrogens with two attached hydrogens (primary N) is 1. The molecule has 3 aromatic carbocycles.